The van der Waals surface area contributed by atoms with Crippen LogP contribution in [0.2, 0.25) is 0 Å². The molecule has 0 atom stereocenters. The third-order valence-electron chi connectivity index (χ3n) is 9.67. The lowest BCUT2D eigenvalue weighted by Gasteiger charge is -2.13. The van der Waals surface area contributed by atoms with Crippen LogP contribution >= 0.6 is 0 Å². The van der Waals surface area contributed by atoms with Crippen LogP contribution in [0.15, 0.2) is 165 Å². The first-order valence-corrected chi connectivity index (χ1v) is 21.2. The van der Waals surface area contributed by atoms with Gasteiger partial charge in [0.2, 0.25) is 0 Å². The quantitative estimate of drug-likeness (QED) is 0.0190. The van der Waals surface area contributed by atoms with E-state index in [1.807, 2.05) is 24.3 Å². The van der Waals surface area contributed by atoms with Gasteiger partial charge >= 0.3 is 29.8 Å². The lowest BCUT2D eigenvalue weighted by molar-refractivity contribution is -0.138. The molecule has 5 aromatic carbocycles. The Morgan fingerprint density at radius 3 is 1.53 bits per heavy atom. The highest BCUT2D eigenvalue weighted by Gasteiger charge is 2.21. The van der Waals surface area contributed by atoms with E-state index in [4.69, 9.17) is 39.6 Å². The highest BCUT2D eigenvalue weighted by Crippen LogP contribution is 2.30. The number of esters is 5. The van der Waals surface area contributed by atoms with Crippen molar-refractivity contribution in [1.29, 1.82) is 0 Å². The third kappa shape index (κ3) is 14.4. The summed E-state index contributed by atoms with van der Waals surface area (Å²) in [7, 11) is 0. The van der Waals surface area contributed by atoms with Gasteiger partial charge in [-0.15, -0.1) is 6.42 Å². The maximum Gasteiger partial charge on any atom is 0.343 e. The molecule has 2 aliphatic carbocycles. The van der Waals surface area contributed by atoms with Crippen molar-refractivity contribution < 1.29 is 57.1 Å². The zero-order valence-corrected chi connectivity index (χ0v) is 36.8. The molecule has 340 valence electrons. The molecule has 12 heteroatoms. The molecule has 0 fully saturated rings. The van der Waals surface area contributed by atoms with Gasteiger partial charge in [-0.25, -0.2) is 24.0 Å². The van der Waals surface area contributed by atoms with Crippen molar-refractivity contribution in [1.82, 2.24) is 0 Å². The minimum atomic E-state index is -0.858. The molecular weight excluding hydrogens is 865 g/mol. The van der Waals surface area contributed by atoms with Crippen molar-refractivity contribution in [3.63, 3.8) is 0 Å². The standard InChI is InChI=1S/C50H40O12.C6H4/c1-4-37-11-7-8-12-38(37)18-17-35-13-15-36(16-14-35)34-60-50(55)44-33-43(61-48(53)39-19-23-41(24-20-39)56-29-9-31-58-46(51)5-2)27-28-45(44)62-49(54)40-21-25-42(26-22-40)57-30-10-32-59-47(52)6-3;1-2-6-4-3-5(1)6/h1,5-8,11-16,19-28,33H,2-3,9-10,29-32,34H2;1-4H. The van der Waals surface area contributed by atoms with Crippen LogP contribution < -0.4 is 18.9 Å². The number of rotatable bonds is 19. The first-order chi connectivity index (χ1) is 33.1. The fourth-order valence-electron chi connectivity index (χ4n) is 5.91. The number of carbonyl (C=O) groups is 5. The Morgan fingerprint density at radius 2 is 1.03 bits per heavy atom. The van der Waals surface area contributed by atoms with Gasteiger partial charge in [-0.1, -0.05) is 79.5 Å². The summed E-state index contributed by atoms with van der Waals surface area (Å²) in [4.78, 5) is 62.4. The minimum absolute atomic E-state index is 0.0220. The maximum absolute atomic E-state index is 13.6. The molecule has 12 nitrogen and oxygen atoms in total. The second-order valence-corrected chi connectivity index (χ2v) is 14.4. The van der Waals surface area contributed by atoms with Crippen LogP contribution in [0, 0.1) is 24.2 Å². The summed E-state index contributed by atoms with van der Waals surface area (Å²) >= 11 is 0. The van der Waals surface area contributed by atoms with E-state index in [-0.39, 0.29) is 61.2 Å². The van der Waals surface area contributed by atoms with Crippen LogP contribution in [0.1, 0.15) is 66.2 Å². The number of carbonyl (C=O) groups excluding carboxylic acids is 5. The van der Waals surface area contributed by atoms with Crippen LogP contribution in [-0.4, -0.2) is 56.3 Å². The number of hydrogen-bond acceptors (Lipinski definition) is 12. The Kier molecular flexibility index (Phi) is 17.6. The van der Waals surface area contributed by atoms with Crippen LogP contribution in [0.5, 0.6) is 23.0 Å². The first-order valence-electron chi connectivity index (χ1n) is 21.2. The van der Waals surface area contributed by atoms with E-state index in [9.17, 15) is 24.0 Å². The van der Waals surface area contributed by atoms with E-state index in [1.54, 1.807) is 48.5 Å². The summed E-state index contributed by atoms with van der Waals surface area (Å²) in [5, 5.41) is 0. The lowest BCUT2D eigenvalue weighted by Crippen LogP contribution is -2.14. The Hall–Kier alpha value is -9.13. The van der Waals surface area contributed by atoms with Gasteiger partial charge in [0.1, 0.15) is 35.2 Å². The zero-order valence-electron chi connectivity index (χ0n) is 36.8. The minimum Gasteiger partial charge on any atom is -0.493 e. The van der Waals surface area contributed by atoms with Crippen molar-refractivity contribution in [3.05, 3.63) is 204 Å². The second-order valence-electron chi connectivity index (χ2n) is 14.4. The largest absolute Gasteiger partial charge is 0.493 e. The van der Waals surface area contributed by atoms with Crippen LogP contribution in [0.4, 0.5) is 0 Å². The summed E-state index contributed by atoms with van der Waals surface area (Å²) in [5.41, 5.74) is 5.79. The van der Waals surface area contributed by atoms with Gasteiger partial charge in [0, 0.05) is 41.7 Å². The van der Waals surface area contributed by atoms with E-state index < -0.39 is 29.8 Å². The number of hydrogen-bond donors (Lipinski definition) is 0. The van der Waals surface area contributed by atoms with E-state index in [0.717, 1.165) is 17.7 Å². The molecule has 0 aliphatic heterocycles. The molecule has 0 N–H and O–H groups in total. The van der Waals surface area contributed by atoms with Gasteiger partial charge in [0.25, 0.3) is 0 Å². The number of ether oxygens (including phenoxy) is 7. The summed E-state index contributed by atoms with van der Waals surface area (Å²) in [6.07, 6.45) is 8.63. The molecule has 0 saturated carbocycles. The van der Waals surface area contributed by atoms with Gasteiger partial charge in [-0.3, -0.25) is 0 Å². The zero-order chi connectivity index (χ0) is 48.1. The topological polar surface area (TPSA) is 150 Å². The Balaban J connectivity index is 0.00000116. The summed E-state index contributed by atoms with van der Waals surface area (Å²) in [6, 6.07) is 39.1. The van der Waals surface area contributed by atoms with Crippen molar-refractivity contribution in [3.8, 4) is 58.3 Å². The van der Waals surface area contributed by atoms with Crippen molar-refractivity contribution in [2.45, 2.75) is 19.4 Å². The first kappa shape index (κ1) is 48.3. The number of fused-ring (bicyclic) bond motifs is 1. The molecular formula is C56H44O12. The fraction of sp³-hybridized carbons (Fsp3) is 0.125. The number of terminal acetylenes is 1. The molecule has 0 spiro atoms. The molecule has 0 heterocycles. The average Bonchev–Trinajstić information content (AvgIpc) is 3.36. The predicted molar refractivity (Wildman–Crippen MR) is 253 cm³/mol. The van der Waals surface area contributed by atoms with E-state index in [2.05, 4.69) is 55.2 Å². The van der Waals surface area contributed by atoms with Crippen LogP contribution in [-0.2, 0) is 30.4 Å². The van der Waals surface area contributed by atoms with Crippen LogP contribution in [0.25, 0.3) is 11.1 Å². The molecule has 0 saturated heterocycles. The molecule has 0 bridgehead atoms. The SMILES string of the molecule is C#Cc1ccccc1C#Cc1ccc(COC(=O)c2cc(OC(=O)c3ccc(OCCCOC(=O)C=C)cc3)ccc2OC(=O)c2ccc(OCCCOC(=O)C=C)cc2)cc1.c1cc2ccc1-2. The van der Waals surface area contributed by atoms with Gasteiger partial charge < -0.3 is 33.2 Å². The van der Waals surface area contributed by atoms with Gasteiger partial charge in [0.05, 0.1) is 37.6 Å². The smallest absolute Gasteiger partial charge is 0.343 e. The van der Waals surface area contributed by atoms with Gasteiger partial charge in [0.15, 0.2) is 0 Å². The van der Waals surface area contributed by atoms with Crippen LogP contribution in [0.3, 0.4) is 0 Å². The lowest BCUT2D eigenvalue weighted by atomic mass is 9.95. The Morgan fingerprint density at radius 1 is 0.515 bits per heavy atom. The van der Waals surface area contributed by atoms with E-state index in [0.29, 0.717) is 41.0 Å². The van der Waals surface area contributed by atoms with Gasteiger partial charge in [-0.2, -0.15) is 0 Å². The Bertz CT molecular complexity index is 2840. The monoisotopic (exact) mass is 908 g/mol. The summed E-state index contributed by atoms with van der Waals surface area (Å²) < 4.78 is 38.0. The van der Waals surface area contributed by atoms with Crippen molar-refractivity contribution in [2.75, 3.05) is 26.4 Å². The number of benzene rings is 6. The summed E-state index contributed by atoms with van der Waals surface area (Å²) in [5.74, 6) is 6.13. The molecule has 0 aromatic heterocycles. The highest BCUT2D eigenvalue weighted by molar-refractivity contribution is 5.97. The second kappa shape index (κ2) is 24.8. The average molecular weight is 909 g/mol. The molecule has 0 unspecified atom stereocenters. The third-order valence-corrected chi connectivity index (χ3v) is 9.67. The highest BCUT2D eigenvalue weighted by atomic mass is 16.6. The molecule has 5 aromatic rings. The van der Waals surface area contributed by atoms with E-state index in [1.165, 1.54) is 53.6 Å². The molecule has 68 heavy (non-hydrogen) atoms. The van der Waals surface area contributed by atoms with Crippen molar-refractivity contribution in [2.24, 2.45) is 0 Å². The normalized spacial score (nSPS) is 10.2. The molecule has 0 amide bonds. The summed E-state index contributed by atoms with van der Waals surface area (Å²) in [6.45, 7) is 7.39. The molecule has 7 rings (SSSR count). The fourth-order valence-corrected chi connectivity index (χ4v) is 5.91. The van der Waals surface area contributed by atoms with Gasteiger partial charge in [-0.05, 0) is 108 Å². The van der Waals surface area contributed by atoms with E-state index >= 15 is 0 Å². The molecule has 2 aliphatic rings. The molecule has 0 radical (unpaired) electrons. The maximum atomic E-state index is 13.6. The van der Waals surface area contributed by atoms with Crippen molar-refractivity contribution >= 4 is 29.8 Å². The predicted octanol–water partition coefficient (Wildman–Crippen LogP) is 9.53. The Labute approximate surface area is 393 Å².